The Morgan fingerprint density at radius 1 is 0.750 bits per heavy atom. The zero-order valence-corrected chi connectivity index (χ0v) is 11.2. The molecule has 2 rings (SSSR count). The highest BCUT2D eigenvalue weighted by molar-refractivity contribution is 5.90. The summed E-state index contributed by atoms with van der Waals surface area (Å²) < 4.78 is 10.2. The van der Waals surface area contributed by atoms with Gasteiger partial charge in [0.15, 0.2) is 12.2 Å². The molecule has 2 saturated heterocycles. The number of hydrogen-bond donors (Lipinski definition) is 2. The second-order valence-corrected chi connectivity index (χ2v) is 4.76. The lowest BCUT2D eigenvalue weighted by molar-refractivity contribution is -0.162. The SMILES string of the molecule is O=C(C(O)C(O)C(=O)N1CCOCC1)N1CCOCC1. The smallest absolute Gasteiger partial charge is 0.254 e. The van der Waals surface area contributed by atoms with Gasteiger partial charge in [0.05, 0.1) is 26.4 Å². The number of nitrogens with zero attached hydrogens (tertiary/aromatic N) is 2. The summed E-state index contributed by atoms with van der Waals surface area (Å²) in [4.78, 5) is 26.8. The summed E-state index contributed by atoms with van der Waals surface area (Å²) in [6.45, 7) is 3.00. The lowest BCUT2D eigenvalue weighted by atomic mass is 10.1. The number of aliphatic hydroxyl groups is 2. The molecule has 0 aromatic rings. The van der Waals surface area contributed by atoms with Crippen LogP contribution < -0.4 is 0 Å². The molecule has 0 spiro atoms. The van der Waals surface area contributed by atoms with E-state index >= 15 is 0 Å². The van der Waals surface area contributed by atoms with Crippen molar-refractivity contribution in [3.05, 3.63) is 0 Å². The topological polar surface area (TPSA) is 99.5 Å². The van der Waals surface area contributed by atoms with Crippen molar-refractivity contribution < 1.29 is 29.3 Å². The summed E-state index contributed by atoms with van der Waals surface area (Å²) >= 11 is 0. The third kappa shape index (κ3) is 3.45. The van der Waals surface area contributed by atoms with Gasteiger partial charge in [-0.2, -0.15) is 0 Å². The molecule has 2 aliphatic heterocycles. The number of ether oxygens (including phenoxy) is 2. The molecule has 2 atom stereocenters. The van der Waals surface area contributed by atoms with Crippen LogP contribution in [-0.4, -0.2) is 96.6 Å². The molecule has 8 heteroatoms. The van der Waals surface area contributed by atoms with Gasteiger partial charge in [-0.1, -0.05) is 0 Å². The largest absolute Gasteiger partial charge is 0.380 e. The molecule has 2 aliphatic rings. The number of rotatable bonds is 3. The van der Waals surface area contributed by atoms with Gasteiger partial charge in [-0.25, -0.2) is 0 Å². The van der Waals surface area contributed by atoms with Crippen LogP contribution in [0.4, 0.5) is 0 Å². The molecule has 114 valence electrons. The third-order valence-electron chi connectivity index (χ3n) is 3.45. The van der Waals surface area contributed by atoms with Crippen molar-refractivity contribution >= 4 is 11.8 Å². The molecule has 2 amide bonds. The lowest BCUT2D eigenvalue weighted by Gasteiger charge is -2.32. The molecule has 0 bridgehead atoms. The van der Waals surface area contributed by atoms with Crippen molar-refractivity contribution in [2.24, 2.45) is 0 Å². The van der Waals surface area contributed by atoms with Gasteiger partial charge in [0, 0.05) is 26.2 Å². The van der Waals surface area contributed by atoms with Gasteiger partial charge in [-0.05, 0) is 0 Å². The quantitative estimate of drug-likeness (QED) is 0.592. The molecule has 8 nitrogen and oxygen atoms in total. The second-order valence-electron chi connectivity index (χ2n) is 4.76. The van der Waals surface area contributed by atoms with E-state index in [1.54, 1.807) is 0 Å². The van der Waals surface area contributed by atoms with Crippen LogP contribution in [0.15, 0.2) is 0 Å². The molecule has 0 aromatic carbocycles. The zero-order valence-electron chi connectivity index (χ0n) is 11.2. The Bertz CT molecular complexity index is 318. The Morgan fingerprint density at radius 2 is 1.05 bits per heavy atom. The molecule has 2 unspecified atom stereocenters. The van der Waals surface area contributed by atoms with Gasteiger partial charge in [-0.3, -0.25) is 9.59 Å². The first-order valence-electron chi connectivity index (χ1n) is 6.70. The van der Waals surface area contributed by atoms with Gasteiger partial charge in [0.2, 0.25) is 0 Å². The van der Waals surface area contributed by atoms with E-state index in [2.05, 4.69) is 0 Å². The monoisotopic (exact) mass is 288 g/mol. The van der Waals surface area contributed by atoms with E-state index in [1.165, 1.54) is 9.80 Å². The van der Waals surface area contributed by atoms with Gasteiger partial charge in [-0.15, -0.1) is 0 Å². The Hall–Kier alpha value is -1.22. The number of hydrogen-bond acceptors (Lipinski definition) is 6. The van der Waals surface area contributed by atoms with Crippen molar-refractivity contribution in [1.82, 2.24) is 9.80 Å². The third-order valence-corrected chi connectivity index (χ3v) is 3.45. The van der Waals surface area contributed by atoms with Gasteiger partial charge < -0.3 is 29.5 Å². The summed E-state index contributed by atoms with van der Waals surface area (Å²) in [5.74, 6) is -1.27. The van der Waals surface area contributed by atoms with Gasteiger partial charge in [0.1, 0.15) is 0 Å². The molecular formula is C12H20N2O6. The Kier molecular flexibility index (Phi) is 5.30. The minimum atomic E-state index is -1.73. The van der Waals surface area contributed by atoms with Crippen molar-refractivity contribution in [3.8, 4) is 0 Å². The van der Waals surface area contributed by atoms with E-state index < -0.39 is 24.0 Å². The fourth-order valence-electron chi connectivity index (χ4n) is 2.21. The summed E-state index contributed by atoms with van der Waals surface area (Å²) in [6, 6.07) is 0. The van der Waals surface area contributed by atoms with E-state index in [0.29, 0.717) is 52.6 Å². The first-order valence-corrected chi connectivity index (χ1v) is 6.70. The maximum atomic E-state index is 12.0. The molecule has 2 N–H and O–H groups in total. The minimum Gasteiger partial charge on any atom is -0.380 e. The fourth-order valence-corrected chi connectivity index (χ4v) is 2.21. The second kappa shape index (κ2) is 6.98. The van der Waals surface area contributed by atoms with Gasteiger partial charge >= 0.3 is 0 Å². The Labute approximate surface area is 116 Å². The first-order chi connectivity index (χ1) is 9.61. The number of morpholine rings is 2. The number of aliphatic hydroxyl groups excluding tert-OH is 2. The maximum Gasteiger partial charge on any atom is 0.254 e. The normalized spacial score (nSPS) is 23.3. The van der Waals surface area contributed by atoms with Crippen LogP contribution >= 0.6 is 0 Å². The molecule has 0 aromatic heterocycles. The van der Waals surface area contributed by atoms with Crippen LogP contribution in [-0.2, 0) is 19.1 Å². The maximum absolute atomic E-state index is 12.0. The molecule has 0 saturated carbocycles. The van der Waals surface area contributed by atoms with E-state index in [1.807, 2.05) is 0 Å². The van der Waals surface area contributed by atoms with Crippen LogP contribution in [0.5, 0.6) is 0 Å². The number of carbonyl (C=O) groups is 2. The van der Waals surface area contributed by atoms with Crippen molar-refractivity contribution in [2.45, 2.75) is 12.2 Å². The summed E-state index contributed by atoms with van der Waals surface area (Å²) in [6.07, 6.45) is -3.47. The molecule has 2 heterocycles. The summed E-state index contributed by atoms with van der Waals surface area (Å²) in [5, 5.41) is 19.8. The summed E-state index contributed by atoms with van der Waals surface area (Å²) in [7, 11) is 0. The standard InChI is InChI=1S/C12H20N2O6/c15-9(11(17)13-1-5-19-6-2-13)10(16)12(18)14-3-7-20-8-4-14/h9-10,15-16H,1-8H2. The molecule has 2 fully saturated rings. The molecule has 0 radical (unpaired) electrons. The highest BCUT2D eigenvalue weighted by Crippen LogP contribution is 2.08. The van der Waals surface area contributed by atoms with E-state index in [0.717, 1.165) is 0 Å². The van der Waals surface area contributed by atoms with Crippen LogP contribution in [0, 0.1) is 0 Å². The summed E-state index contributed by atoms with van der Waals surface area (Å²) in [5.41, 5.74) is 0. The number of carbonyl (C=O) groups excluding carboxylic acids is 2. The first kappa shape index (κ1) is 15.2. The Balaban J connectivity index is 1.90. The van der Waals surface area contributed by atoms with Crippen LogP contribution in [0.2, 0.25) is 0 Å². The van der Waals surface area contributed by atoms with E-state index in [4.69, 9.17) is 9.47 Å². The van der Waals surface area contributed by atoms with Gasteiger partial charge in [0.25, 0.3) is 11.8 Å². The predicted molar refractivity (Wildman–Crippen MR) is 66.8 cm³/mol. The van der Waals surface area contributed by atoms with Crippen LogP contribution in [0.3, 0.4) is 0 Å². The molecule has 20 heavy (non-hydrogen) atoms. The highest BCUT2D eigenvalue weighted by Gasteiger charge is 2.36. The molecular weight excluding hydrogens is 268 g/mol. The zero-order chi connectivity index (χ0) is 14.5. The van der Waals surface area contributed by atoms with Crippen molar-refractivity contribution in [2.75, 3.05) is 52.6 Å². The van der Waals surface area contributed by atoms with E-state index in [-0.39, 0.29) is 0 Å². The van der Waals surface area contributed by atoms with Crippen molar-refractivity contribution in [3.63, 3.8) is 0 Å². The fraction of sp³-hybridized carbons (Fsp3) is 0.833. The minimum absolute atomic E-state index is 0.356. The Morgan fingerprint density at radius 3 is 1.35 bits per heavy atom. The number of amides is 2. The lowest BCUT2D eigenvalue weighted by Crippen LogP contribution is -2.55. The average molecular weight is 288 g/mol. The van der Waals surface area contributed by atoms with Crippen molar-refractivity contribution in [1.29, 1.82) is 0 Å². The van der Waals surface area contributed by atoms with Crippen LogP contribution in [0.25, 0.3) is 0 Å². The van der Waals surface area contributed by atoms with Crippen LogP contribution in [0.1, 0.15) is 0 Å². The highest BCUT2D eigenvalue weighted by atomic mass is 16.5. The van der Waals surface area contributed by atoms with E-state index in [9.17, 15) is 19.8 Å². The average Bonchev–Trinajstić information content (AvgIpc) is 2.53. The predicted octanol–water partition coefficient (Wildman–Crippen LogP) is -2.57. The molecule has 0 aliphatic carbocycles.